The van der Waals surface area contributed by atoms with E-state index in [0.717, 1.165) is 6.42 Å². The van der Waals surface area contributed by atoms with E-state index in [4.69, 9.17) is 16.3 Å². The van der Waals surface area contributed by atoms with Crippen molar-refractivity contribution in [2.45, 2.75) is 25.1 Å². The van der Waals surface area contributed by atoms with Crippen LogP contribution in [0.2, 0.25) is 5.02 Å². The van der Waals surface area contributed by atoms with E-state index in [0.29, 0.717) is 28.1 Å². The fourth-order valence-electron chi connectivity index (χ4n) is 1.55. The molecular weight excluding hydrogens is 330 g/mol. The van der Waals surface area contributed by atoms with Crippen LogP contribution in [0.1, 0.15) is 20.3 Å². The molecule has 1 N–H and O–H groups in total. The number of halogens is 2. The largest absolute Gasteiger partial charge is 0.484 e. The number of hydrogen-bond donors (Lipinski definition) is 1. The summed E-state index contributed by atoms with van der Waals surface area (Å²) >= 11 is 9.30. The van der Waals surface area contributed by atoms with E-state index in [1.165, 1.54) is 0 Å². The Morgan fingerprint density at radius 2 is 2.00 bits per heavy atom. The molecule has 0 saturated heterocycles. The zero-order valence-electron chi connectivity index (χ0n) is 11.2. The normalized spacial score (nSPS) is 12.3. The van der Waals surface area contributed by atoms with Crippen molar-refractivity contribution < 1.29 is 9.53 Å². The first-order valence-corrected chi connectivity index (χ1v) is 7.56. The zero-order valence-corrected chi connectivity index (χ0v) is 13.5. The van der Waals surface area contributed by atoms with Gasteiger partial charge in [0, 0.05) is 16.4 Å². The quantitative estimate of drug-likeness (QED) is 0.764. The summed E-state index contributed by atoms with van der Waals surface area (Å²) in [5.41, 5.74) is 0. The molecule has 1 unspecified atom stereocenters. The van der Waals surface area contributed by atoms with E-state index in [-0.39, 0.29) is 12.5 Å². The lowest BCUT2D eigenvalue weighted by molar-refractivity contribution is -0.123. The molecule has 0 aliphatic rings. The standard InChI is InChI=1S/C14H19BrClNO2/c1-10(2)7-11(15)8-17-14(18)9-19-13-5-3-12(16)4-6-13/h3-6,10-11H,7-9H2,1-2H3,(H,17,18). The number of alkyl halides is 1. The Morgan fingerprint density at radius 1 is 1.37 bits per heavy atom. The molecule has 0 aromatic heterocycles. The second-order valence-electron chi connectivity index (χ2n) is 4.77. The number of carbonyl (C=O) groups excluding carboxylic acids is 1. The molecule has 0 saturated carbocycles. The van der Waals surface area contributed by atoms with E-state index in [9.17, 15) is 4.79 Å². The van der Waals surface area contributed by atoms with Crippen molar-refractivity contribution in [3.8, 4) is 5.75 Å². The predicted octanol–water partition coefficient (Wildman–Crippen LogP) is 3.64. The van der Waals surface area contributed by atoms with Crippen molar-refractivity contribution in [3.05, 3.63) is 29.3 Å². The van der Waals surface area contributed by atoms with Crippen molar-refractivity contribution in [2.24, 2.45) is 5.92 Å². The number of rotatable bonds is 7. The first-order valence-electron chi connectivity index (χ1n) is 6.26. The number of benzene rings is 1. The molecule has 1 amide bonds. The third-order valence-electron chi connectivity index (χ3n) is 2.43. The lowest BCUT2D eigenvalue weighted by Gasteiger charge is -2.13. The summed E-state index contributed by atoms with van der Waals surface area (Å²) in [5, 5.41) is 3.48. The van der Waals surface area contributed by atoms with Gasteiger partial charge in [0.25, 0.3) is 5.91 Å². The number of carbonyl (C=O) groups is 1. The first kappa shape index (κ1) is 16.3. The summed E-state index contributed by atoms with van der Waals surface area (Å²) in [4.78, 5) is 11.9. The minimum atomic E-state index is -0.122. The highest BCUT2D eigenvalue weighted by molar-refractivity contribution is 9.09. The molecule has 1 atom stereocenters. The van der Waals surface area contributed by atoms with Gasteiger partial charge < -0.3 is 10.1 Å². The Bertz CT molecular complexity index is 395. The Balaban J connectivity index is 2.22. The van der Waals surface area contributed by atoms with Gasteiger partial charge in [-0.15, -0.1) is 0 Å². The molecule has 0 heterocycles. The average Bonchev–Trinajstić information content (AvgIpc) is 2.35. The second-order valence-corrected chi connectivity index (χ2v) is 6.50. The molecule has 0 fully saturated rings. The van der Waals surface area contributed by atoms with Crippen LogP contribution in [0.4, 0.5) is 0 Å². The molecule has 3 nitrogen and oxygen atoms in total. The molecule has 19 heavy (non-hydrogen) atoms. The van der Waals surface area contributed by atoms with Gasteiger partial charge in [0.2, 0.25) is 0 Å². The van der Waals surface area contributed by atoms with Gasteiger partial charge in [-0.2, -0.15) is 0 Å². The van der Waals surface area contributed by atoms with Gasteiger partial charge in [0.1, 0.15) is 5.75 Å². The molecule has 1 aromatic carbocycles. The summed E-state index contributed by atoms with van der Waals surface area (Å²) in [6, 6.07) is 6.93. The maximum absolute atomic E-state index is 11.6. The molecule has 1 aromatic rings. The van der Waals surface area contributed by atoms with Crippen LogP contribution in [0.3, 0.4) is 0 Å². The highest BCUT2D eigenvalue weighted by atomic mass is 79.9. The third kappa shape index (κ3) is 7.43. The highest BCUT2D eigenvalue weighted by Crippen LogP contribution is 2.15. The van der Waals surface area contributed by atoms with E-state index in [2.05, 4.69) is 35.1 Å². The highest BCUT2D eigenvalue weighted by Gasteiger charge is 2.09. The number of nitrogens with one attached hydrogen (secondary N) is 1. The van der Waals surface area contributed by atoms with E-state index < -0.39 is 0 Å². The molecular formula is C14H19BrClNO2. The fraction of sp³-hybridized carbons (Fsp3) is 0.500. The van der Waals surface area contributed by atoms with E-state index in [1.54, 1.807) is 24.3 Å². The Hall–Kier alpha value is -0.740. The van der Waals surface area contributed by atoms with Crippen LogP contribution in [0, 0.1) is 5.92 Å². The molecule has 1 rings (SSSR count). The second kappa shape index (κ2) is 8.43. The minimum absolute atomic E-state index is 0.0169. The van der Waals surface area contributed by atoms with Crippen molar-refractivity contribution in [1.29, 1.82) is 0 Å². The first-order chi connectivity index (χ1) is 8.97. The lowest BCUT2D eigenvalue weighted by atomic mass is 10.1. The molecule has 0 spiro atoms. The molecule has 0 aliphatic heterocycles. The maximum Gasteiger partial charge on any atom is 0.257 e. The third-order valence-corrected chi connectivity index (χ3v) is 3.38. The zero-order chi connectivity index (χ0) is 14.3. The number of hydrogen-bond acceptors (Lipinski definition) is 2. The minimum Gasteiger partial charge on any atom is -0.484 e. The Labute approximate surface area is 127 Å². The van der Waals surface area contributed by atoms with Gasteiger partial charge in [0.05, 0.1) is 0 Å². The molecule has 0 radical (unpaired) electrons. The van der Waals surface area contributed by atoms with Gasteiger partial charge >= 0.3 is 0 Å². The maximum atomic E-state index is 11.6. The van der Waals surface area contributed by atoms with Crippen LogP contribution >= 0.6 is 27.5 Å². The van der Waals surface area contributed by atoms with Gasteiger partial charge in [0.15, 0.2) is 6.61 Å². The van der Waals surface area contributed by atoms with Crippen molar-refractivity contribution in [1.82, 2.24) is 5.32 Å². The molecule has 0 aliphatic carbocycles. The number of ether oxygens (including phenoxy) is 1. The van der Waals surface area contributed by atoms with Crippen LogP contribution in [0.25, 0.3) is 0 Å². The topological polar surface area (TPSA) is 38.3 Å². The lowest BCUT2D eigenvalue weighted by Crippen LogP contribution is -2.33. The summed E-state index contributed by atoms with van der Waals surface area (Å²) in [6.45, 7) is 4.93. The Morgan fingerprint density at radius 3 is 2.58 bits per heavy atom. The summed E-state index contributed by atoms with van der Waals surface area (Å²) in [7, 11) is 0. The molecule has 0 bridgehead atoms. The smallest absolute Gasteiger partial charge is 0.257 e. The number of amides is 1. The Kier molecular flexibility index (Phi) is 7.24. The van der Waals surface area contributed by atoms with Gasteiger partial charge in [-0.3, -0.25) is 4.79 Å². The van der Waals surface area contributed by atoms with E-state index in [1.807, 2.05) is 0 Å². The van der Waals surface area contributed by atoms with Crippen LogP contribution in [0.5, 0.6) is 5.75 Å². The van der Waals surface area contributed by atoms with Crippen LogP contribution in [-0.4, -0.2) is 23.9 Å². The van der Waals surface area contributed by atoms with Crippen LogP contribution in [0.15, 0.2) is 24.3 Å². The molecule has 5 heteroatoms. The molecule has 106 valence electrons. The predicted molar refractivity (Wildman–Crippen MR) is 82.1 cm³/mol. The SMILES string of the molecule is CC(C)CC(Br)CNC(=O)COc1ccc(Cl)cc1. The van der Waals surface area contributed by atoms with Crippen molar-refractivity contribution >= 4 is 33.4 Å². The van der Waals surface area contributed by atoms with Gasteiger partial charge in [-0.1, -0.05) is 41.4 Å². The fourth-order valence-corrected chi connectivity index (χ4v) is 2.59. The van der Waals surface area contributed by atoms with E-state index >= 15 is 0 Å². The summed E-state index contributed by atoms with van der Waals surface area (Å²) in [5.74, 6) is 1.12. The monoisotopic (exact) mass is 347 g/mol. The van der Waals surface area contributed by atoms with Crippen molar-refractivity contribution in [3.63, 3.8) is 0 Å². The summed E-state index contributed by atoms with van der Waals surface area (Å²) in [6.07, 6.45) is 1.03. The van der Waals surface area contributed by atoms with Gasteiger partial charge in [-0.25, -0.2) is 0 Å². The van der Waals surface area contributed by atoms with Gasteiger partial charge in [-0.05, 0) is 36.6 Å². The average molecular weight is 349 g/mol. The van der Waals surface area contributed by atoms with Crippen LogP contribution in [-0.2, 0) is 4.79 Å². The van der Waals surface area contributed by atoms with Crippen molar-refractivity contribution in [2.75, 3.05) is 13.2 Å². The summed E-state index contributed by atoms with van der Waals surface area (Å²) < 4.78 is 5.35. The van der Waals surface area contributed by atoms with Crippen LogP contribution < -0.4 is 10.1 Å².